The fraction of sp³-hybridized carbons (Fsp3) is 0.214. The molecule has 0 saturated heterocycles. The van der Waals surface area contributed by atoms with E-state index in [9.17, 15) is 4.79 Å². The minimum absolute atomic E-state index is 0.254. The van der Waals surface area contributed by atoms with E-state index >= 15 is 0 Å². The largest absolute Gasteiger partial charge is 0.438 e. The van der Waals surface area contributed by atoms with Crippen LogP contribution in [0.2, 0.25) is 0 Å². The molecule has 0 bridgehead atoms. The third-order valence-electron chi connectivity index (χ3n) is 2.63. The van der Waals surface area contributed by atoms with Gasteiger partial charge in [0.1, 0.15) is 5.75 Å². The van der Waals surface area contributed by atoms with Crippen molar-refractivity contribution in [2.75, 3.05) is 14.1 Å². The minimum Gasteiger partial charge on any atom is -0.438 e. The Morgan fingerprint density at radius 1 is 1.10 bits per heavy atom. The second-order valence-corrected chi connectivity index (χ2v) is 4.11. The molecule has 20 heavy (non-hydrogen) atoms. The third kappa shape index (κ3) is 3.52. The van der Waals surface area contributed by atoms with E-state index in [-0.39, 0.29) is 11.6 Å². The molecule has 0 aliphatic rings. The fourth-order valence-corrected chi connectivity index (χ4v) is 1.62. The number of aromatic nitrogens is 2. The van der Waals surface area contributed by atoms with Crippen molar-refractivity contribution in [3.05, 3.63) is 47.7 Å². The van der Waals surface area contributed by atoms with E-state index in [1.165, 1.54) is 5.56 Å². The summed E-state index contributed by atoms with van der Waals surface area (Å²) < 4.78 is 5.55. The van der Waals surface area contributed by atoms with Gasteiger partial charge in [-0.25, -0.2) is 0 Å². The van der Waals surface area contributed by atoms with Gasteiger partial charge in [0.15, 0.2) is 5.69 Å². The van der Waals surface area contributed by atoms with Crippen LogP contribution in [0.3, 0.4) is 0 Å². The highest BCUT2D eigenvalue weighted by Gasteiger charge is 2.06. The number of carbonyl (C=O) groups excluding carboxylic acids is 1. The number of nitrogens with one attached hydrogen (secondary N) is 2. The van der Waals surface area contributed by atoms with Gasteiger partial charge in [0.05, 0.1) is 0 Å². The van der Waals surface area contributed by atoms with E-state index in [2.05, 4.69) is 20.8 Å². The van der Waals surface area contributed by atoms with Crippen LogP contribution in [0.25, 0.3) is 0 Å². The number of amides is 1. The Balaban J connectivity index is 2.04. The third-order valence-corrected chi connectivity index (χ3v) is 2.63. The van der Waals surface area contributed by atoms with Gasteiger partial charge in [-0.3, -0.25) is 4.79 Å². The van der Waals surface area contributed by atoms with Gasteiger partial charge in [-0.15, -0.1) is 10.2 Å². The molecule has 0 saturated carbocycles. The Labute approximate surface area is 117 Å². The van der Waals surface area contributed by atoms with Crippen LogP contribution in [0, 0.1) is 0 Å². The molecule has 6 nitrogen and oxygen atoms in total. The molecule has 0 spiro atoms. The van der Waals surface area contributed by atoms with Crippen LogP contribution in [0.1, 0.15) is 16.1 Å². The number of ether oxygens (including phenoxy) is 1. The Morgan fingerprint density at radius 2 is 1.85 bits per heavy atom. The van der Waals surface area contributed by atoms with Gasteiger partial charge >= 0.3 is 0 Å². The highest BCUT2D eigenvalue weighted by atomic mass is 16.5. The lowest BCUT2D eigenvalue weighted by Crippen LogP contribution is -2.19. The van der Waals surface area contributed by atoms with Gasteiger partial charge in [-0.1, -0.05) is 12.1 Å². The van der Waals surface area contributed by atoms with E-state index in [1.807, 2.05) is 31.3 Å². The number of hydrogen-bond acceptors (Lipinski definition) is 5. The zero-order valence-electron chi connectivity index (χ0n) is 11.4. The highest BCUT2D eigenvalue weighted by Crippen LogP contribution is 2.19. The molecule has 0 atom stereocenters. The van der Waals surface area contributed by atoms with Crippen LogP contribution in [-0.4, -0.2) is 30.2 Å². The summed E-state index contributed by atoms with van der Waals surface area (Å²) in [5.41, 5.74) is 1.42. The zero-order chi connectivity index (χ0) is 14.4. The molecular formula is C14H16N4O2. The maximum Gasteiger partial charge on any atom is 0.271 e. The van der Waals surface area contributed by atoms with Crippen LogP contribution >= 0.6 is 0 Å². The molecule has 0 aliphatic carbocycles. The summed E-state index contributed by atoms with van der Waals surface area (Å²) in [5, 5.41) is 13.2. The van der Waals surface area contributed by atoms with Crippen molar-refractivity contribution in [1.82, 2.24) is 20.8 Å². The second kappa shape index (κ2) is 6.63. The molecule has 2 aromatic rings. The topological polar surface area (TPSA) is 76.1 Å². The summed E-state index contributed by atoms with van der Waals surface area (Å²) in [6.45, 7) is 0.806. The normalized spacial score (nSPS) is 10.1. The first kappa shape index (κ1) is 14.0. The second-order valence-electron chi connectivity index (χ2n) is 4.11. The average Bonchev–Trinajstić information content (AvgIpc) is 2.49. The quantitative estimate of drug-likeness (QED) is 0.859. The molecule has 1 aromatic heterocycles. The van der Waals surface area contributed by atoms with Crippen LogP contribution in [-0.2, 0) is 6.54 Å². The van der Waals surface area contributed by atoms with E-state index in [4.69, 9.17) is 4.74 Å². The van der Waals surface area contributed by atoms with Gasteiger partial charge in [-0.05, 0) is 30.8 Å². The summed E-state index contributed by atoms with van der Waals surface area (Å²) in [4.78, 5) is 11.3. The Hall–Kier alpha value is -2.47. The number of nitrogens with zero attached hydrogens (tertiary/aromatic N) is 2. The molecule has 0 unspecified atom stereocenters. The first-order valence-corrected chi connectivity index (χ1v) is 6.20. The predicted octanol–water partition coefficient (Wildman–Crippen LogP) is 1.35. The van der Waals surface area contributed by atoms with Gasteiger partial charge in [-0.2, -0.15) is 0 Å². The van der Waals surface area contributed by atoms with Crippen LogP contribution < -0.4 is 15.4 Å². The van der Waals surface area contributed by atoms with E-state index in [0.29, 0.717) is 11.6 Å². The Kier molecular flexibility index (Phi) is 4.62. The summed E-state index contributed by atoms with van der Waals surface area (Å²) >= 11 is 0. The van der Waals surface area contributed by atoms with Crippen molar-refractivity contribution < 1.29 is 9.53 Å². The molecule has 0 fully saturated rings. The Bertz CT molecular complexity index is 567. The van der Waals surface area contributed by atoms with Crippen molar-refractivity contribution in [2.24, 2.45) is 0 Å². The molecule has 2 N–H and O–H groups in total. The smallest absolute Gasteiger partial charge is 0.271 e. The van der Waals surface area contributed by atoms with Crippen molar-refractivity contribution in [3.8, 4) is 11.6 Å². The number of benzene rings is 1. The van der Waals surface area contributed by atoms with Crippen LogP contribution in [0.5, 0.6) is 11.6 Å². The monoisotopic (exact) mass is 272 g/mol. The van der Waals surface area contributed by atoms with Gasteiger partial charge in [0.2, 0.25) is 5.88 Å². The molecule has 0 aliphatic heterocycles. The summed E-state index contributed by atoms with van der Waals surface area (Å²) in [7, 11) is 3.44. The minimum atomic E-state index is -0.277. The van der Waals surface area contributed by atoms with Gasteiger partial charge < -0.3 is 15.4 Å². The molecule has 1 heterocycles. The molecule has 0 radical (unpaired) electrons. The van der Waals surface area contributed by atoms with Gasteiger partial charge in [0, 0.05) is 19.7 Å². The van der Waals surface area contributed by atoms with Crippen LogP contribution in [0.15, 0.2) is 36.4 Å². The lowest BCUT2D eigenvalue weighted by Gasteiger charge is -2.06. The maximum atomic E-state index is 11.3. The van der Waals surface area contributed by atoms with Gasteiger partial charge in [0.25, 0.3) is 5.91 Å². The number of hydrogen-bond donors (Lipinski definition) is 2. The number of carbonyl (C=O) groups is 1. The number of rotatable bonds is 5. The highest BCUT2D eigenvalue weighted by molar-refractivity contribution is 5.91. The van der Waals surface area contributed by atoms with Crippen molar-refractivity contribution in [1.29, 1.82) is 0 Å². The SMILES string of the molecule is CNCc1ccc(Oc2ccc(C(=O)NC)nn2)cc1. The predicted molar refractivity (Wildman–Crippen MR) is 74.7 cm³/mol. The summed E-state index contributed by atoms with van der Waals surface area (Å²) in [6.07, 6.45) is 0. The molecular weight excluding hydrogens is 256 g/mol. The van der Waals surface area contributed by atoms with E-state index in [1.54, 1.807) is 19.2 Å². The maximum absolute atomic E-state index is 11.3. The van der Waals surface area contributed by atoms with Crippen molar-refractivity contribution in [3.63, 3.8) is 0 Å². The molecule has 6 heteroatoms. The van der Waals surface area contributed by atoms with E-state index < -0.39 is 0 Å². The molecule has 1 amide bonds. The molecule has 104 valence electrons. The first-order valence-electron chi connectivity index (χ1n) is 6.20. The Morgan fingerprint density at radius 3 is 2.40 bits per heavy atom. The standard InChI is InChI=1S/C14H16N4O2/c1-15-9-10-3-5-11(6-4-10)20-13-8-7-12(17-18-13)14(19)16-2/h3-8,15H,9H2,1-2H3,(H,16,19). The molecule has 2 rings (SSSR count). The van der Waals surface area contributed by atoms with E-state index in [0.717, 1.165) is 6.54 Å². The lowest BCUT2D eigenvalue weighted by atomic mass is 10.2. The van der Waals surface area contributed by atoms with Crippen molar-refractivity contribution in [2.45, 2.75) is 6.54 Å². The lowest BCUT2D eigenvalue weighted by molar-refractivity contribution is 0.0957. The first-order chi connectivity index (χ1) is 9.72. The zero-order valence-corrected chi connectivity index (χ0v) is 11.4. The summed E-state index contributed by atoms with van der Waals surface area (Å²) in [6, 6.07) is 10.8. The average molecular weight is 272 g/mol. The van der Waals surface area contributed by atoms with Crippen molar-refractivity contribution >= 4 is 5.91 Å². The fourth-order valence-electron chi connectivity index (χ4n) is 1.62. The molecule has 1 aromatic carbocycles. The van der Waals surface area contributed by atoms with Crippen LogP contribution in [0.4, 0.5) is 0 Å². The summed E-state index contributed by atoms with van der Waals surface area (Å²) in [5.74, 6) is 0.742.